The highest BCUT2D eigenvalue weighted by Gasteiger charge is 2.08. The highest BCUT2D eigenvalue weighted by Crippen LogP contribution is 2.25. The zero-order valence-corrected chi connectivity index (χ0v) is 8.32. The normalized spacial score (nSPS) is 9.08. The molecule has 12 heavy (non-hydrogen) atoms. The van der Waals surface area contributed by atoms with E-state index in [1.54, 1.807) is 18.2 Å². The van der Waals surface area contributed by atoms with E-state index in [0.717, 1.165) is 0 Å². The summed E-state index contributed by atoms with van der Waals surface area (Å²) in [5, 5.41) is 0.362. The first kappa shape index (κ1) is 9.31. The lowest BCUT2D eigenvalue weighted by atomic mass is 10.1. The molecule has 0 saturated heterocycles. The lowest BCUT2D eigenvalue weighted by molar-refractivity contribution is 0.105. The summed E-state index contributed by atoms with van der Waals surface area (Å²) in [6, 6.07) is 5.05. The third-order valence-electron chi connectivity index (χ3n) is 1.33. The van der Waals surface area contributed by atoms with Crippen molar-refractivity contribution in [2.45, 2.75) is 0 Å². The van der Waals surface area contributed by atoms with Gasteiger partial charge < -0.3 is 0 Å². The zero-order chi connectivity index (χ0) is 9.14. The van der Waals surface area contributed by atoms with Crippen LogP contribution in [0.5, 0.6) is 0 Å². The molecule has 1 aromatic rings. The Bertz CT molecular complexity index is 365. The van der Waals surface area contributed by atoms with Crippen LogP contribution < -0.4 is 0 Å². The summed E-state index contributed by atoms with van der Waals surface area (Å²) in [6.45, 7) is 0. The number of Topliss-reactive ketones (excluding diaryl/α,β-unsaturated/α-hetero) is 1. The number of hydrogen-bond donors (Lipinski definition) is 0. The van der Waals surface area contributed by atoms with Gasteiger partial charge in [0.05, 0.1) is 10.6 Å². The standard InChI is InChI=1S/C9H4BrClO/c1-2-8(12)6-4-3-5-7(10)9(6)11/h1,3-5H. The van der Waals surface area contributed by atoms with Gasteiger partial charge in [-0.3, -0.25) is 4.79 Å². The Morgan fingerprint density at radius 2 is 2.25 bits per heavy atom. The minimum atomic E-state index is -0.402. The lowest BCUT2D eigenvalue weighted by Crippen LogP contribution is -1.95. The monoisotopic (exact) mass is 242 g/mol. The summed E-state index contributed by atoms with van der Waals surface area (Å²) >= 11 is 8.99. The molecule has 0 radical (unpaired) electrons. The maximum atomic E-state index is 11.0. The average molecular weight is 243 g/mol. The quantitative estimate of drug-likeness (QED) is 0.421. The van der Waals surface area contributed by atoms with Gasteiger partial charge in [-0.25, -0.2) is 0 Å². The average Bonchev–Trinajstić information content (AvgIpc) is 2.08. The van der Waals surface area contributed by atoms with Gasteiger partial charge >= 0.3 is 0 Å². The van der Waals surface area contributed by atoms with Gasteiger partial charge in [-0.1, -0.05) is 17.7 Å². The number of ketones is 1. The van der Waals surface area contributed by atoms with Crippen LogP contribution >= 0.6 is 27.5 Å². The van der Waals surface area contributed by atoms with Gasteiger partial charge in [0.25, 0.3) is 0 Å². The molecule has 60 valence electrons. The van der Waals surface area contributed by atoms with E-state index in [1.807, 2.05) is 5.92 Å². The summed E-state index contributed by atoms with van der Waals surface area (Å²) in [5.74, 6) is 1.60. The van der Waals surface area contributed by atoms with Crippen LogP contribution in [-0.4, -0.2) is 5.78 Å². The lowest BCUT2D eigenvalue weighted by Gasteiger charge is -1.99. The number of carbonyl (C=O) groups is 1. The number of rotatable bonds is 1. The van der Waals surface area contributed by atoms with E-state index in [1.165, 1.54) is 0 Å². The van der Waals surface area contributed by atoms with Crippen molar-refractivity contribution in [1.29, 1.82) is 0 Å². The van der Waals surface area contributed by atoms with Crippen molar-refractivity contribution in [3.05, 3.63) is 33.3 Å². The SMILES string of the molecule is C#CC(=O)c1cccc(Br)c1Cl. The molecule has 0 bridgehead atoms. The molecule has 0 saturated carbocycles. The maximum absolute atomic E-state index is 11.0. The van der Waals surface area contributed by atoms with Crippen molar-refractivity contribution in [3.63, 3.8) is 0 Å². The molecule has 0 N–H and O–H groups in total. The summed E-state index contributed by atoms with van der Waals surface area (Å²) in [7, 11) is 0. The van der Waals surface area contributed by atoms with Crippen molar-refractivity contribution >= 4 is 33.3 Å². The summed E-state index contributed by atoms with van der Waals surface area (Å²) in [6.07, 6.45) is 4.95. The first-order chi connectivity index (χ1) is 5.66. The number of carbonyl (C=O) groups excluding carboxylic acids is 1. The van der Waals surface area contributed by atoms with E-state index in [2.05, 4.69) is 15.9 Å². The topological polar surface area (TPSA) is 17.1 Å². The molecule has 0 unspecified atom stereocenters. The van der Waals surface area contributed by atoms with E-state index in [-0.39, 0.29) is 0 Å². The molecule has 0 aliphatic heterocycles. The summed E-state index contributed by atoms with van der Waals surface area (Å²) in [4.78, 5) is 11.0. The Kier molecular flexibility index (Phi) is 2.91. The van der Waals surface area contributed by atoms with Crippen molar-refractivity contribution in [3.8, 4) is 12.3 Å². The van der Waals surface area contributed by atoms with E-state index < -0.39 is 5.78 Å². The highest BCUT2D eigenvalue weighted by molar-refractivity contribution is 9.10. The fraction of sp³-hybridized carbons (Fsp3) is 0. The Labute approximate surface area is 83.9 Å². The second-order valence-electron chi connectivity index (χ2n) is 2.07. The van der Waals surface area contributed by atoms with Gasteiger partial charge in [-0.15, -0.1) is 6.42 Å². The number of hydrogen-bond acceptors (Lipinski definition) is 1. The van der Waals surface area contributed by atoms with E-state index in [4.69, 9.17) is 18.0 Å². The molecule has 0 atom stereocenters. The minimum absolute atomic E-state index is 0.355. The van der Waals surface area contributed by atoms with Crippen LogP contribution in [0.4, 0.5) is 0 Å². The van der Waals surface area contributed by atoms with Crippen LogP contribution in [0, 0.1) is 12.3 Å². The molecular weight excluding hydrogens is 239 g/mol. The predicted octanol–water partition coefficient (Wildman–Crippen LogP) is 2.92. The molecule has 1 nitrogen and oxygen atoms in total. The Morgan fingerprint density at radius 3 is 2.83 bits per heavy atom. The largest absolute Gasteiger partial charge is 0.279 e. The van der Waals surface area contributed by atoms with Gasteiger partial charge in [-0.05, 0) is 34.0 Å². The number of halogens is 2. The smallest absolute Gasteiger partial charge is 0.237 e. The molecule has 0 aromatic heterocycles. The summed E-state index contributed by atoms with van der Waals surface area (Å²) < 4.78 is 0.672. The molecule has 0 aliphatic rings. The van der Waals surface area contributed by atoms with Gasteiger partial charge in [0, 0.05) is 4.47 Å². The van der Waals surface area contributed by atoms with Crippen molar-refractivity contribution in [2.75, 3.05) is 0 Å². The number of benzene rings is 1. The molecule has 0 amide bonds. The van der Waals surface area contributed by atoms with Crippen molar-refractivity contribution in [2.24, 2.45) is 0 Å². The zero-order valence-electron chi connectivity index (χ0n) is 5.97. The minimum Gasteiger partial charge on any atom is -0.279 e. The van der Waals surface area contributed by atoms with Crippen molar-refractivity contribution in [1.82, 2.24) is 0 Å². The van der Waals surface area contributed by atoms with Crippen LogP contribution in [0.15, 0.2) is 22.7 Å². The molecule has 1 aromatic carbocycles. The molecule has 1 rings (SSSR count). The van der Waals surface area contributed by atoms with Crippen LogP contribution in [-0.2, 0) is 0 Å². The number of terminal acetylenes is 1. The first-order valence-electron chi connectivity index (χ1n) is 3.11. The molecule has 0 aliphatic carbocycles. The Balaban J connectivity index is 3.28. The second-order valence-corrected chi connectivity index (χ2v) is 3.31. The third kappa shape index (κ3) is 1.69. The van der Waals surface area contributed by atoms with E-state index in [0.29, 0.717) is 15.1 Å². The molecular formula is C9H4BrClO. The van der Waals surface area contributed by atoms with Crippen LogP contribution in [0.25, 0.3) is 0 Å². The molecule has 0 fully saturated rings. The van der Waals surface area contributed by atoms with Crippen molar-refractivity contribution < 1.29 is 4.79 Å². The van der Waals surface area contributed by atoms with Gasteiger partial charge in [0.2, 0.25) is 5.78 Å². The van der Waals surface area contributed by atoms with Crippen LogP contribution in [0.2, 0.25) is 5.02 Å². The Hall–Kier alpha value is -0.780. The fourth-order valence-corrected chi connectivity index (χ4v) is 1.33. The molecule has 3 heteroatoms. The van der Waals surface area contributed by atoms with E-state index in [9.17, 15) is 4.79 Å². The van der Waals surface area contributed by atoms with Crippen LogP contribution in [0.3, 0.4) is 0 Å². The first-order valence-corrected chi connectivity index (χ1v) is 4.29. The molecule has 0 heterocycles. The summed E-state index contributed by atoms with van der Waals surface area (Å²) in [5.41, 5.74) is 0.355. The molecule has 0 spiro atoms. The van der Waals surface area contributed by atoms with E-state index >= 15 is 0 Å². The Morgan fingerprint density at radius 1 is 1.58 bits per heavy atom. The van der Waals surface area contributed by atoms with Gasteiger partial charge in [0.15, 0.2) is 0 Å². The second kappa shape index (κ2) is 3.75. The highest BCUT2D eigenvalue weighted by atomic mass is 79.9. The third-order valence-corrected chi connectivity index (χ3v) is 2.62. The van der Waals surface area contributed by atoms with Gasteiger partial charge in [0.1, 0.15) is 0 Å². The maximum Gasteiger partial charge on any atom is 0.237 e. The fourth-order valence-electron chi connectivity index (χ4n) is 0.757. The van der Waals surface area contributed by atoms with Gasteiger partial charge in [-0.2, -0.15) is 0 Å². The predicted molar refractivity (Wildman–Crippen MR) is 52.3 cm³/mol. The van der Waals surface area contributed by atoms with Crippen LogP contribution in [0.1, 0.15) is 10.4 Å².